The van der Waals surface area contributed by atoms with Gasteiger partial charge in [-0.05, 0) is 12.1 Å². The Kier molecular flexibility index (Phi) is 5.11. The van der Waals surface area contributed by atoms with Crippen molar-refractivity contribution in [2.45, 2.75) is 6.54 Å². The fourth-order valence-electron chi connectivity index (χ4n) is 1.58. The molecule has 0 spiro atoms. The molecule has 0 aliphatic rings. The minimum Gasteiger partial charge on any atom is -0.328 e. The maximum atomic E-state index is 12.4. The van der Waals surface area contributed by atoms with Crippen LogP contribution >= 0.6 is 34.5 Å². The first-order valence-electron chi connectivity index (χ1n) is 5.72. The molecule has 7 heteroatoms. The summed E-state index contributed by atoms with van der Waals surface area (Å²) < 4.78 is 0.692. The van der Waals surface area contributed by atoms with E-state index in [-0.39, 0.29) is 16.8 Å². The molecule has 2 rings (SSSR count). The Morgan fingerprint density at radius 2 is 2.15 bits per heavy atom. The third-order valence-corrected chi connectivity index (χ3v) is 3.86. The Morgan fingerprint density at radius 3 is 2.70 bits per heavy atom. The van der Waals surface area contributed by atoms with Gasteiger partial charge in [0.15, 0.2) is 0 Å². The van der Waals surface area contributed by atoms with Gasteiger partial charge in [0.2, 0.25) is 0 Å². The summed E-state index contributed by atoms with van der Waals surface area (Å²) in [5, 5.41) is 0.252. The van der Waals surface area contributed by atoms with Crippen molar-refractivity contribution in [3.63, 3.8) is 0 Å². The molecule has 0 radical (unpaired) electrons. The van der Waals surface area contributed by atoms with E-state index in [9.17, 15) is 4.79 Å². The highest BCUT2D eigenvalue weighted by atomic mass is 35.5. The van der Waals surface area contributed by atoms with E-state index in [0.717, 1.165) is 4.88 Å². The van der Waals surface area contributed by atoms with E-state index >= 15 is 0 Å². The van der Waals surface area contributed by atoms with Crippen molar-refractivity contribution in [2.24, 2.45) is 0 Å². The predicted octanol–water partition coefficient (Wildman–Crippen LogP) is 3.67. The van der Waals surface area contributed by atoms with Crippen molar-refractivity contribution < 1.29 is 4.79 Å². The van der Waals surface area contributed by atoms with Crippen LogP contribution in [0.1, 0.15) is 15.4 Å². The molecule has 20 heavy (non-hydrogen) atoms. The second kappa shape index (κ2) is 6.83. The lowest BCUT2D eigenvalue weighted by molar-refractivity contribution is 0.0758. The molecule has 2 aromatic rings. The van der Waals surface area contributed by atoms with Gasteiger partial charge in [0.1, 0.15) is 10.8 Å². The fraction of sp³-hybridized carbons (Fsp3) is 0.154. The van der Waals surface area contributed by atoms with Crippen LogP contribution in [0.3, 0.4) is 0 Å². The number of aromatic nitrogens is 2. The molecule has 0 bridgehead atoms. The number of hydrogen-bond acceptors (Lipinski definition) is 4. The molecule has 0 saturated heterocycles. The van der Waals surface area contributed by atoms with E-state index in [1.165, 1.54) is 23.7 Å². The molecule has 2 aromatic heterocycles. The van der Waals surface area contributed by atoms with Gasteiger partial charge in [-0.15, -0.1) is 17.9 Å². The quantitative estimate of drug-likeness (QED) is 0.787. The first-order chi connectivity index (χ1) is 9.60. The number of nitrogens with zero attached hydrogens (tertiary/aromatic N) is 3. The third kappa shape index (κ3) is 3.79. The van der Waals surface area contributed by atoms with Gasteiger partial charge >= 0.3 is 0 Å². The summed E-state index contributed by atoms with van der Waals surface area (Å²) in [6.07, 6.45) is 4.38. The normalized spacial score (nSPS) is 10.3. The maximum absolute atomic E-state index is 12.4. The third-order valence-electron chi connectivity index (χ3n) is 2.45. The number of amides is 1. The van der Waals surface area contributed by atoms with Gasteiger partial charge in [0, 0.05) is 11.4 Å². The first kappa shape index (κ1) is 15.0. The van der Waals surface area contributed by atoms with Crippen molar-refractivity contribution in [3.05, 3.63) is 57.2 Å². The molecular formula is C13H11Cl2N3OS. The van der Waals surface area contributed by atoms with E-state index in [1.54, 1.807) is 17.0 Å². The Morgan fingerprint density at radius 1 is 1.35 bits per heavy atom. The average molecular weight is 328 g/mol. The van der Waals surface area contributed by atoms with Crippen LogP contribution < -0.4 is 0 Å². The van der Waals surface area contributed by atoms with Gasteiger partial charge in [-0.2, -0.15) is 0 Å². The van der Waals surface area contributed by atoms with Crippen LogP contribution in [-0.4, -0.2) is 27.3 Å². The molecule has 0 aromatic carbocycles. The predicted molar refractivity (Wildman–Crippen MR) is 81.3 cm³/mol. The summed E-state index contributed by atoms with van der Waals surface area (Å²) in [7, 11) is 0. The van der Waals surface area contributed by atoms with Crippen molar-refractivity contribution >= 4 is 40.4 Å². The Labute approximate surface area is 130 Å². The molecule has 2 heterocycles. The SMILES string of the molecule is C=CCN(Cc1ccc(Cl)s1)C(=O)c1cnc(Cl)cn1. The lowest BCUT2D eigenvalue weighted by Crippen LogP contribution is -2.31. The zero-order valence-electron chi connectivity index (χ0n) is 10.4. The molecule has 1 amide bonds. The topological polar surface area (TPSA) is 46.1 Å². The Bertz CT molecular complexity index is 612. The van der Waals surface area contributed by atoms with Crippen LogP contribution in [-0.2, 0) is 6.54 Å². The van der Waals surface area contributed by atoms with E-state index in [4.69, 9.17) is 23.2 Å². The van der Waals surface area contributed by atoms with Gasteiger partial charge < -0.3 is 4.90 Å². The summed E-state index contributed by atoms with van der Waals surface area (Å²) in [6.45, 7) is 4.53. The molecule has 0 atom stereocenters. The highest BCUT2D eigenvalue weighted by Crippen LogP contribution is 2.23. The number of halogens is 2. The smallest absolute Gasteiger partial charge is 0.274 e. The summed E-state index contributed by atoms with van der Waals surface area (Å²) >= 11 is 13.0. The van der Waals surface area contributed by atoms with Crippen LogP contribution in [0.4, 0.5) is 0 Å². The molecule has 0 N–H and O–H groups in total. The number of thiophene rings is 1. The van der Waals surface area contributed by atoms with Crippen molar-refractivity contribution in [2.75, 3.05) is 6.54 Å². The molecule has 0 fully saturated rings. The largest absolute Gasteiger partial charge is 0.328 e. The zero-order chi connectivity index (χ0) is 14.5. The molecule has 104 valence electrons. The molecule has 0 aliphatic carbocycles. The Hall–Kier alpha value is -1.43. The number of carbonyl (C=O) groups excluding carboxylic acids is 1. The summed E-state index contributed by atoms with van der Waals surface area (Å²) in [5.74, 6) is -0.224. The number of rotatable bonds is 5. The average Bonchev–Trinajstić information content (AvgIpc) is 2.84. The maximum Gasteiger partial charge on any atom is 0.274 e. The summed E-state index contributed by atoms with van der Waals surface area (Å²) in [5.41, 5.74) is 0.249. The van der Waals surface area contributed by atoms with Gasteiger partial charge in [-0.25, -0.2) is 9.97 Å². The fourth-order valence-corrected chi connectivity index (χ4v) is 2.79. The van der Waals surface area contributed by atoms with E-state index in [2.05, 4.69) is 16.5 Å². The first-order valence-corrected chi connectivity index (χ1v) is 7.29. The molecule has 0 saturated carbocycles. The molecule has 0 unspecified atom stereocenters. The summed E-state index contributed by atoms with van der Waals surface area (Å²) in [4.78, 5) is 22.8. The van der Waals surface area contributed by atoms with E-state index in [1.807, 2.05) is 6.07 Å². The second-order valence-electron chi connectivity index (χ2n) is 3.90. The van der Waals surface area contributed by atoms with E-state index in [0.29, 0.717) is 17.4 Å². The monoisotopic (exact) mass is 327 g/mol. The highest BCUT2D eigenvalue weighted by Gasteiger charge is 2.17. The van der Waals surface area contributed by atoms with Gasteiger partial charge in [-0.1, -0.05) is 29.3 Å². The zero-order valence-corrected chi connectivity index (χ0v) is 12.8. The van der Waals surface area contributed by atoms with Crippen LogP contribution in [0, 0.1) is 0 Å². The van der Waals surface area contributed by atoms with E-state index < -0.39 is 0 Å². The molecule has 0 aliphatic heterocycles. The highest BCUT2D eigenvalue weighted by molar-refractivity contribution is 7.16. The Balaban J connectivity index is 2.17. The van der Waals surface area contributed by atoms with Crippen LogP contribution in [0.15, 0.2) is 37.2 Å². The standard InChI is InChI=1S/C13H11Cl2N3OS/c1-2-5-18(8-9-3-4-12(15)20-9)13(19)10-6-17-11(14)7-16-10/h2-4,6-7H,1,5,8H2. The molecular weight excluding hydrogens is 317 g/mol. The van der Waals surface area contributed by atoms with Gasteiger partial charge in [-0.3, -0.25) is 4.79 Å². The lowest BCUT2D eigenvalue weighted by Gasteiger charge is -2.19. The van der Waals surface area contributed by atoms with Crippen molar-refractivity contribution in [1.82, 2.24) is 14.9 Å². The van der Waals surface area contributed by atoms with Gasteiger partial charge in [0.25, 0.3) is 5.91 Å². The summed E-state index contributed by atoms with van der Waals surface area (Å²) in [6, 6.07) is 3.70. The second-order valence-corrected chi connectivity index (χ2v) is 6.09. The molecule has 4 nitrogen and oxygen atoms in total. The minimum atomic E-state index is -0.224. The van der Waals surface area contributed by atoms with Crippen molar-refractivity contribution in [3.8, 4) is 0 Å². The van der Waals surface area contributed by atoms with Gasteiger partial charge in [0.05, 0.1) is 23.3 Å². The van der Waals surface area contributed by atoms with Crippen LogP contribution in [0.2, 0.25) is 9.49 Å². The van der Waals surface area contributed by atoms with Crippen LogP contribution in [0.5, 0.6) is 0 Å². The number of carbonyl (C=O) groups is 1. The number of hydrogen-bond donors (Lipinski definition) is 0. The minimum absolute atomic E-state index is 0.224. The van der Waals surface area contributed by atoms with Crippen LogP contribution in [0.25, 0.3) is 0 Å². The lowest BCUT2D eigenvalue weighted by atomic mass is 10.3. The van der Waals surface area contributed by atoms with Crippen molar-refractivity contribution in [1.29, 1.82) is 0 Å².